The van der Waals surface area contributed by atoms with Gasteiger partial charge in [-0.1, -0.05) is 91.0 Å². The van der Waals surface area contributed by atoms with E-state index in [-0.39, 0.29) is 5.91 Å². The average molecular weight is 485 g/mol. The number of carbonyl (C=O) groups is 2. The molecule has 188 valence electrons. The summed E-state index contributed by atoms with van der Waals surface area (Å²) in [5.41, 5.74) is 5.75. The number of benzene rings is 3. The fourth-order valence-corrected chi connectivity index (χ4v) is 4.01. The number of esters is 1. The van der Waals surface area contributed by atoms with Crippen LogP contribution in [0.15, 0.2) is 84.9 Å². The molecule has 0 radical (unpaired) electrons. The van der Waals surface area contributed by atoms with E-state index in [1.165, 1.54) is 18.2 Å². The average Bonchev–Trinajstić information content (AvgIpc) is 2.90. The Morgan fingerprint density at radius 1 is 0.861 bits per heavy atom. The zero-order valence-electron chi connectivity index (χ0n) is 21.4. The van der Waals surface area contributed by atoms with E-state index in [0.29, 0.717) is 19.4 Å². The van der Waals surface area contributed by atoms with Gasteiger partial charge < -0.3 is 15.4 Å². The van der Waals surface area contributed by atoms with Gasteiger partial charge >= 0.3 is 5.97 Å². The third-order valence-corrected chi connectivity index (χ3v) is 6.29. The van der Waals surface area contributed by atoms with Gasteiger partial charge in [0.25, 0.3) is 0 Å². The van der Waals surface area contributed by atoms with Crippen LogP contribution in [0.4, 0.5) is 0 Å². The quantitative estimate of drug-likeness (QED) is 0.362. The second-order valence-electron chi connectivity index (χ2n) is 9.01. The van der Waals surface area contributed by atoms with Crippen LogP contribution in [0.1, 0.15) is 34.2 Å². The van der Waals surface area contributed by atoms with E-state index in [1.807, 2.05) is 54.6 Å². The first-order valence-electron chi connectivity index (χ1n) is 12.4. The van der Waals surface area contributed by atoms with Crippen LogP contribution in [0.3, 0.4) is 0 Å². The minimum absolute atomic E-state index is 0.211. The van der Waals surface area contributed by atoms with Crippen molar-refractivity contribution in [2.24, 2.45) is 0 Å². The summed E-state index contributed by atoms with van der Waals surface area (Å²) >= 11 is 0. The van der Waals surface area contributed by atoms with Crippen molar-refractivity contribution in [3.63, 3.8) is 0 Å². The molecule has 3 rings (SSSR count). The SMILES string of the molecule is COC(=O)[C@@H](Cc1ccccc1)NC(=O)[C@@H](CCc1ccccc1)NC/C=C/c1ccc(C)c(C)c1. The zero-order valence-corrected chi connectivity index (χ0v) is 21.4. The van der Waals surface area contributed by atoms with Gasteiger partial charge in [-0.25, -0.2) is 4.79 Å². The largest absolute Gasteiger partial charge is 0.467 e. The van der Waals surface area contributed by atoms with Crippen molar-refractivity contribution in [1.29, 1.82) is 0 Å². The van der Waals surface area contributed by atoms with Gasteiger partial charge in [-0.3, -0.25) is 4.79 Å². The lowest BCUT2D eigenvalue weighted by Crippen LogP contribution is -2.51. The molecule has 0 spiro atoms. The number of methoxy groups -OCH3 is 1. The number of ether oxygens (including phenoxy) is 1. The Kier molecular flexibility index (Phi) is 10.5. The number of hydrogen-bond acceptors (Lipinski definition) is 4. The zero-order chi connectivity index (χ0) is 25.8. The number of rotatable bonds is 12. The van der Waals surface area contributed by atoms with Gasteiger partial charge in [-0.15, -0.1) is 0 Å². The third-order valence-electron chi connectivity index (χ3n) is 6.29. The highest BCUT2D eigenvalue weighted by Gasteiger charge is 2.26. The Bertz CT molecular complexity index is 1140. The van der Waals surface area contributed by atoms with Gasteiger partial charge in [0.15, 0.2) is 0 Å². The molecular weight excluding hydrogens is 448 g/mol. The first kappa shape index (κ1) is 26.9. The molecule has 36 heavy (non-hydrogen) atoms. The lowest BCUT2D eigenvalue weighted by molar-refractivity contribution is -0.145. The summed E-state index contributed by atoms with van der Waals surface area (Å²) in [6.07, 6.45) is 5.80. The summed E-state index contributed by atoms with van der Waals surface area (Å²) in [7, 11) is 1.34. The van der Waals surface area contributed by atoms with Gasteiger partial charge in [0, 0.05) is 13.0 Å². The number of amides is 1. The number of carbonyl (C=O) groups excluding carboxylic acids is 2. The molecule has 0 saturated heterocycles. The van der Waals surface area contributed by atoms with Crippen LogP contribution >= 0.6 is 0 Å². The molecule has 0 unspecified atom stereocenters. The maximum Gasteiger partial charge on any atom is 0.328 e. The fourth-order valence-electron chi connectivity index (χ4n) is 4.01. The van der Waals surface area contributed by atoms with Gasteiger partial charge in [0.2, 0.25) is 5.91 Å². The van der Waals surface area contributed by atoms with Gasteiger partial charge in [-0.05, 0) is 54.5 Å². The van der Waals surface area contributed by atoms with Crippen molar-refractivity contribution in [3.05, 3.63) is 113 Å². The number of nitrogens with one attached hydrogen (secondary N) is 2. The molecule has 0 aliphatic heterocycles. The first-order valence-corrected chi connectivity index (χ1v) is 12.4. The lowest BCUT2D eigenvalue weighted by atomic mass is 10.0. The van der Waals surface area contributed by atoms with Crippen molar-refractivity contribution >= 4 is 18.0 Å². The molecule has 5 heteroatoms. The molecule has 2 atom stereocenters. The molecule has 1 amide bonds. The molecule has 0 bridgehead atoms. The van der Waals surface area contributed by atoms with E-state index < -0.39 is 18.1 Å². The predicted molar refractivity (Wildman–Crippen MR) is 146 cm³/mol. The molecular formula is C31H36N2O3. The lowest BCUT2D eigenvalue weighted by Gasteiger charge is -2.22. The Morgan fingerprint density at radius 2 is 1.53 bits per heavy atom. The Balaban J connectivity index is 1.68. The van der Waals surface area contributed by atoms with Crippen LogP contribution < -0.4 is 10.6 Å². The summed E-state index contributed by atoms with van der Waals surface area (Å²) in [6, 6.07) is 24.8. The Hall–Kier alpha value is -3.70. The van der Waals surface area contributed by atoms with Crippen molar-refractivity contribution < 1.29 is 14.3 Å². The molecule has 0 aliphatic carbocycles. The van der Waals surface area contributed by atoms with Crippen LogP contribution in [-0.2, 0) is 27.2 Å². The Morgan fingerprint density at radius 3 is 2.17 bits per heavy atom. The minimum Gasteiger partial charge on any atom is -0.467 e. The molecule has 3 aromatic carbocycles. The fraction of sp³-hybridized carbons (Fsp3) is 0.290. The summed E-state index contributed by atoms with van der Waals surface area (Å²) < 4.78 is 4.97. The standard InChI is InChI=1S/C31H36N2O3/c1-23-16-17-27(21-24(23)2)15-10-20-32-28(19-18-25-11-6-4-7-12-25)30(34)33-29(31(35)36-3)22-26-13-8-5-9-14-26/h4-17,21,28-29,32H,18-20,22H2,1-3H3,(H,33,34)/b15-10+/t28-,29-/m1/s1. The molecule has 5 nitrogen and oxygen atoms in total. The monoisotopic (exact) mass is 484 g/mol. The van der Waals surface area contributed by atoms with Gasteiger partial charge in [-0.2, -0.15) is 0 Å². The van der Waals surface area contributed by atoms with Gasteiger partial charge in [0.1, 0.15) is 6.04 Å². The molecule has 2 N–H and O–H groups in total. The summed E-state index contributed by atoms with van der Waals surface area (Å²) in [4.78, 5) is 25.8. The maximum atomic E-state index is 13.3. The van der Waals surface area contributed by atoms with E-state index in [1.54, 1.807) is 0 Å². The third kappa shape index (κ3) is 8.51. The van der Waals surface area contributed by atoms with Crippen LogP contribution in [0, 0.1) is 13.8 Å². The maximum absolute atomic E-state index is 13.3. The summed E-state index contributed by atoms with van der Waals surface area (Å²) in [5, 5.41) is 6.29. The van der Waals surface area contributed by atoms with E-state index in [0.717, 1.165) is 23.1 Å². The van der Waals surface area contributed by atoms with Crippen LogP contribution in [0.5, 0.6) is 0 Å². The van der Waals surface area contributed by atoms with E-state index in [2.05, 4.69) is 60.9 Å². The van der Waals surface area contributed by atoms with E-state index in [4.69, 9.17) is 4.74 Å². The molecule has 0 saturated carbocycles. The molecule has 0 aromatic heterocycles. The molecule has 0 heterocycles. The molecule has 0 fully saturated rings. The normalized spacial score (nSPS) is 12.8. The number of hydrogen-bond donors (Lipinski definition) is 2. The van der Waals surface area contributed by atoms with E-state index in [9.17, 15) is 9.59 Å². The molecule has 3 aromatic rings. The highest BCUT2D eigenvalue weighted by Crippen LogP contribution is 2.11. The summed E-state index contributed by atoms with van der Waals surface area (Å²) in [6.45, 7) is 4.73. The van der Waals surface area contributed by atoms with Crippen LogP contribution in [0.2, 0.25) is 0 Å². The number of aryl methyl sites for hydroxylation is 3. The van der Waals surface area contributed by atoms with Gasteiger partial charge in [0.05, 0.1) is 13.2 Å². The van der Waals surface area contributed by atoms with Crippen molar-refractivity contribution in [2.45, 2.75) is 45.2 Å². The second-order valence-corrected chi connectivity index (χ2v) is 9.01. The summed E-state index contributed by atoms with van der Waals surface area (Å²) in [5.74, 6) is -0.666. The van der Waals surface area contributed by atoms with Crippen molar-refractivity contribution in [3.8, 4) is 0 Å². The topological polar surface area (TPSA) is 67.4 Å². The second kappa shape index (κ2) is 14.0. The first-order chi connectivity index (χ1) is 17.5. The predicted octanol–water partition coefficient (Wildman–Crippen LogP) is 4.81. The minimum atomic E-state index is -0.753. The smallest absolute Gasteiger partial charge is 0.328 e. The van der Waals surface area contributed by atoms with Crippen molar-refractivity contribution in [1.82, 2.24) is 10.6 Å². The van der Waals surface area contributed by atoms with Crippen molar-refractivity contribution in [2.75, 3.05) is 13.7 Å². The van der Waals surface area contributed by atoms with Crippen LogP contribution in [0.25, 0.3) is 6.08 Å². The molecule has 0 aliphatic rings. The highest BCUT2D eigenvalue weighted by molar-refractivity contribution is 5.87. The highest BCUT2D eigenvalue weighted by atomic mass is 16.5. The Labute approximate surface area is 214 Å². The van der Waals surface area contributed by atoms with Crippen LogP contribution in [-0.4, -0.2) is 37.6 Å². The van der Waals surface area contributed by atoms with E-state index >= 15 is 0 Å².